The topological polar surface area (TPSA) is 34.1 Å². The van der Waals surface area contributed by atoms with Crippen molar-refractivity contribution in [3.8, 4) is 5.75 Å². The van der Waals surface area contributed by atoms with Gasteiger partial charge >= 0.3 is 0 Å². The molecule has 1 heterocycles. The van der Waals surface area contributed by atoms with Gasteiger partial charge in [-0.05, 0) is 30.9 Å². The van der Waals surface area contributed by atoms with E-state index in [-0.39, 0.29) is 0 Å². The summed E-state index contributed by atoms with van der Waals surface area (Å²) in [6, 6.07) is 12.6. The molecule has 1 N–H and O–H groups in total. The van der Waals surface area contributed by atoms with Crippen LogP contribution in [0.25, 0.3) is 0 Å². The summed E-state index contributed by atoms with van der Waals surface area (Å²) in [6.45, 7) is 5.15. The largest absolute Gasteiger partial charge is 0.493 e. The second-order valence-electron chi connectivity index (χ2n) is 5.05. The fourth-order valence-electron chi connectivity index (χ4n) is 2.22. The molecule has 1 aromatic heterocycles. The monoisotopic (exact) mass is 270 g/mol. The van der Waals surface area contributed by atoms with Gasteiger partial charge in [0, 0.05) is 12.2 Å². The number of rotatable bonds is 6. The van der Waals surface area contributed by atoms with Crippen LogP contribution in [0.3, 0.4) is 0 Å². The molecule has 3 heteroatoms. The first kappa shape index (κ1) is 14.4. The lowest BCUT2D eigenvalue weighted by Crippen LogP contribution is -2.07. The molecular formula is C17H22N2O. The molecule has 2 aromatic rings. The Bertz CT molecular complexity index is 540. The molecule has 0 radical (unpaired) electrons. The quantitative estimate of drug-likeness (QED) is 0.861. The summed E-state index contributed by atoms with van der Waals surface area (Å²) in [5, 5.41) is 3.44. The summed E-state index contributed by atoms with van der Waals surface area (Å²) >= 11 is 0. The van der Waals surface area contributed by atoms with Crippen molar-refractivity contribution in [2.45, 2.75) is 26.2 Å². The normalized spacial score (nSPS) is 11.9. The van der Waals surface area contributed by atoms with Gasteiger partial charge < -0.3 is 10.1 Å². The lowest BCUT2D eigenvalue weighted by Gasteiger charge is -2.15. The Morgan fingerprint density at radius 3 is 2.70 bits per heavy atom. The number of benzene rings is 1. The highest BCUT2D eigenvalue weighted by atomic mass is 16.5. The van der Waals surface area contributed by atoms with Gasteiger partial charge in [0.05, 0.1) is 19.0 Å². The predicted octanol–water partition coefficient (Wildman–Crippen LogP) is 4.00. The summed E-state index contributed by atoms with van der Waals surface area (Å²) in [7, 11) is 1.67. The zero-order valence-electron chi connectivity index (χ0n) is 12.4. The van der Waals surface area contributed by atoms with Crippen LogP contribution in [0.4, 0.5) is 5.69 Å². The number of hydrogen-bond acceptors (Lipinski definition) is 3. The van der Waals surface area contributed by atoms with Crippen molar-refractivity contribution in [1.82, 2.24) is 4.98 Å². The minimum atomic E-state index is 0.539. The van der Waals surface area contributed by atoms with E-state index in [0.717, 1.165) is 30.1 Å². The van der Waals surface area contributed by atoms with E-state index in [1.54, 1.807) is 13.3 Å². The summed E-state index contributed by atoms with van der Waals surface area (Å²) in [6.07, 6.45) is 2.84. The molecule has 0 saturated carbocycles. The minimum absolute atomic E-state index is 0.539. The Morgan fingerprint density at radius 2 is 2.00 bits per heavy atom. The molecule has 106 valence electrons. The Kier molecular flexibility index (Phi) is 4.99. The van der Waals surface area contributed by atoms with E-state index in [4.69, 9.17) is 4.74 Å². The van der Waals surface area contributed by atoms with Crippen LogP contribution in [0.1, 0.15) is 30.5 Å². The molecule has 1 atom stereocenters. The van der Waals surface area contributed by atoms with Gasteiger partial charge in [-0.2, -0.15) is 0 Å². The van der Waals surface area contributed by atoms with Crippen molar-refractivity contribution in [2.75, 3.05) is 19.0 Å². The molecule has 1 aromatic carbocycles. The molecule has 20 heavy (non-hydrogen) atoms. The van der Waals surface area contributed by atoms with Gasteiger partial charge in [0.15, 0.2) is 5.75 Å². The smallest absolute Gasteiger partial charge is 0.160 e. The number of anilines is 1. The fourth-order valence-corrected chi connectivity index (χ4v) is 2.22. The third kappa shape index (κ3) is 3.73. The van der Waals surface area contributed by atoms with E-state index in [2.05, 4.69) is 47.6 Å². The van der Waals surface area contributed by atoms with E-state index >= 15 is 0 Å². The van der Waals surface area contributed by atoms with Gasteiger partial charge in [0.2, 0.25) is 0 Å². The predicted molar refractivity (Wildman–Crippen MR) is 83.5 cm³/mol. The Morgan fingerprint density at radius 1 is 1.25 bits per heavy atom. The third-order valence-corrected chi connectivity index (χ3v) is 3.49. The number of methoxy groups -OCH3 is 1. The third-order valence-electron chi connectivity index (χ3n) is 3.49. The molecular weight excluding hydrogens is 248 g/mol. The molecule has 0 spiro atoms. The number of hydrogen-bond donors (Lipinski definition) is 1. The average molecular weight is 270 g/mol. The van der Waals surface area contributed by atoms with E-state index in [1.807, 2.05) is 13.0 Å². The van der Waals surface area contributed by atoms with E-state index < -0.39 is 0 Å². The van der Waals surface area contributed by atoms with E-state index in [1.165, 1.54) is 5.56 Å². The molecule has 0 amide bonds. The number of ether oxygens (including phenoxy) is 1. The standard InChI is InChI=1S/C17H22N2O/c1-13(15-7-5-4-6-8-15)9-10-18-16-11-14(2)19-12-17(16)20-3/h4-8,11-13H,9-10H2,1-3H3,(H,18,19). The van der Waals surface area contributed by atoms with Crippen molar-refractivity contribution < 1.29 is 4.74 Å². The molecule has 0 fully saturated rings. The van der Waals surface area contributed by atoms with Crippen LogP contribution < -0.4 is 10.1 Å². The lowest BCUT2D eigenvalue weighted by molar-refractivity contribution is 0.414. The van der Waals surface area contributed by atoms with Gasteiger partial charge in [-0.25, -0.2) is 0 Å². The molecule has 0 aliphatic rings. The summed E-state index contributed by atoms with van der Waals surface area (Å²) < 4.78 is 5.32. The molecule has 0 aliphatic heterocycles. The van der Waals surface area contributed by atoms with Gasteiger partial charge in [0.1, 0.15) is 0 Å². The number of aryl methyl sites for hydroxylation is 1. The van der Waals surface area contributed by atoms with Gasteiger partial charge in [-0.3, -0.25) is 4.98 Å². The molecule has 0 aliphatic carbocycles. The lowest BCUT2D eigenvalue weighted by atomic mass is 9.98. The summed E-state index contributed by atoms with van der Waals surface area (Å²) in [5.74, 6) is 1.33. The van der Waals surface area contributed by atoms with Gasteiger partial charge in [-0.15, -0.1) is 0 Å². The van der Waals surface area contributed by atoms with Crippen LogP contribution in [0.2, 0.25) is 0 Å². The van der Waals surface area contributed by atoms with Gasteiger partial charge in [0.25, 0.3) is 0 Å². The first-order valence-electron chi connectivity index (χ1n) is 7.00. The van der Waals surface area contributed by atoms with Crippen molar-refractivity contribution in [3.63, 3.8) is 0 Å². The zero-order valence-corrected chi connectivity index (χ0v) is 12.4. The maximum Gasteiger partial charge on any atom is 0.160 e. The summed E-state index contributed by atoms with van der Waals surface area (Å²) in [5.41, 5.74) is 3.39. The van der Waals surface area contributed by atoms with Crippen molar-refractivity contribution in [1.29, 1.82) is 0 Å². The van der Waals surface area contributed by atoms with Crippen LogP contribution in [-0.2, 0) is 0 Å². The van der Waals surface area contributed by atoms with Crippen LogP contribution in [-0.4, -0.2) is 18.6 Å². The molecule has 1 unspecified atom stereocenters. The minimum Gasteiger partial charge on any atom is -0.493 e. The maximum absolute atomic E-state index is 5.32. The van der Waals surface area contributed by atoms with Crippen LogP contribution >= 0.6 is 0 Å². The van der Waals surface area contributed by atoms with Crippen LogP contribution in [0.15, 0.2) is 42.6 Å². The molecule has 3 nitrogen and oxygen atoms in total. The Hall–Kier alpha value is -2.03. The fraction of sp³-hybridized carbons (Fsp3) is 0.353. The van der Waals surface area contributed by atoms with Crippen molar-refractivity contribution >= 4 is 5.69 Å². The number of pyridine rings is 1. The Balaban J connectivity index is 1.91. The van der Waals surface area contributed by atoms with Crippen molar-refractivity contribution in [3.05, 3.63) is 53.9 Å². The molecule has 2 rings (SSSR count). The van der Waals surface area contributed by atoms with Gasteiger partial charge in [-0.1, -0.05) is 37.3 Å². The average Bonchev–Trinajstić information content (AvgIpc) is 2.48. The summed E-state index contributed by atoms with van der Waals surface area (Å²) in [4.78, 5) is 4.24. The highest BCUT2D eigenvalue weighted by Crippen LogP contribution is 2.24. The molecule has 0 bridgehead atoms. The Labute approximate surface area is 121 Å². The highest BCUT2D eigenvalue weighted by molar-refractivity contribution is 5.55. The first-order valence-corrected chi connectivity index (χ1v) is 7.00. The zero-order chi connectivity index (χ0) is 14.4. The SMILES string of the molecule is COc1cnc(C)cc1NCCC(C)c1ccccc1. The second-order valence-corrected chi connectivity index (χ2v) is 5.05. The number of nitrogens with zero attached hydrogens (tertiary/aromatic N) is 1. The van der Waals surface area contributed by atoms with Crippen LogP contribution in [0, 0.1) is 6.92 Å². The second kappa shape index (κ2) is 6.94. The number of nitrogens with one attached hydrogen (secondary N) is 1. The van der Waals surface area contributed by atoms with E-state index in [0.29, 0.717) is 5.92 Å². The highest BCUT2D eigenvalue weighted by Gasteiger charge is 2.07. The van der Waals surface area contributed by atoms with Crippen LogP contribution in [0.5, 0.6) is 5.75 Å². The molecule has 0 saturated heterocycles. The van der Waals surface area contributed by atoms with E-state index in [9.17, 15) is 0 Å². The maximum atomic E-state index is 5.32. The first-order chi connectivity index (χ1) is 9.70. The van der Waals surface area contributed by atoms with Crippen molar-refractivity contribution in [2.24, 2.45) is 0 Å². The number of aromatic nitrogens is 1.